The van der Waals surface area contributed by atoms with Crippen molar-refractivity contribution in [1.82, 2.24) is 4.90 Å². The standard InChI is InChI=1S/C15H20N2O2S/c16-9-13(20-7-1-2-8-20)15(19)12-5-6-14(18)17(12)10-11-3-4-11/h11-12H,1-8,10H2. The normalized spacial score (nSPS) is 26.9. The summed E-state index contributed by atoms with van der Waals surface area (Å²) < 4.78 is 0. The molecule has 1 saturated carbocycles. The monoisotopic (exact) mass is 292 g/mol. The number of hydrogen-bond donors (Lipinski definition) is 0. The third-order valence-corrected chi connectivity index (χ3v) is 6.86. The minimum Gasteiger partial charge on any atom is -0.332 e. The van der Waals surface area contributed by atoms with Crippen LogP contribution in [-0.4, -0.2) is 45.5 Å². The minimum atomic E-state index is -0.342. The molecule has 3 rings (SSSR count). The van der Waals surface area contributed by atoms with Gasteiger partial charge in [0.15, 0.2) is 0 Å². The molecule has 1 atom stereocenters. The fourth-order valence-corrected chi connectivity index (χ4v) is 5.35. The molecule has 2 heterocycles. The molecular weight excluding hydrogens is 272 g/mol. The topological polar surface area (TPSA) is 61.2 Å². The number of rotatable bonds is 4. The average molecular weight is 292 g/mol. The Hall–Kier alpha value is -1.15. The first-order chi connectivity index (χ1) is 9.70. The van der Waals surface area contributed by atoms with E-state index in [1.54, 1.807) is 4.90 Å². The molecule has 0 bridgehead atoms. The third kappa shape index (κ3) is 2.67. The van der Waals surface area contributed by atoms with E-state index in [0.29, 0.717) is 23.6 Å². The Labute approximate surface area is 122 Å². The van der Waals surface area contributed by atoms with E-state index < -0.39 is 0 Å². The van der Waals surface area contributed by atoms with Crippen molar-refractivity contribution in [1.29, 1.82) is 5.26 Å². The molecular formula is C15H20N2O2S. The zero-order valence-electron chi connectivity index (χ0n) is 11.6. The van der Waals surface area contributed by atoms with Gasteiger partial charge in [-0.1, -0.05) is 0 Å². The van der Waals surface area contributed by atoms with E-state index >= 15 is 0 Å². The molecule has 5 heteroatoms. The summed E-state index contributed by atoms with van der Waals surface area (Å²) in [6.45, 7) is 0.724. The van der Waals surface area contributed by atoms with E-state index in [9.17, 15) is 14.9 Å². The summed E-state index contributed by atoms with van der Waals surface area (Å²) >= 11 is 0. The number of Topliss-reactive ketones (excluding diaryl/α,β-unsaturated/α-hetero) is 1. The predicted molar refractivity (Wildman–Crippen MR) is 79.6 cm³/mol. The van der Waals surface area contributed by atoms with Crippen LogP contribution in [0.2, 0.25) is 0 Å². The van der Waals surface area contributed by atoms with Crippen molar-refractivity contribution in [3.63, 3.8) is 0 Å². The fourth-order valence-electron chi connectivity index (χ4n) is 3.09. The quantitative estimate of drug-likeness (QED) is 0.741. The summed E-state index contributed by atoms with van der Waals surface area (Å²) in [5, 5.41) is 9.36. The molecule has 0 radical (unpaired) electrons. The van der Waals surface area contributed by atoms with Crippen LogP contribution in [0.25, 0.3) is 0 Å². The van der Waals surface area contributed by atoms with Crippen LogP contribution in [0, 0.1) is 17.2 Å². The molecule has 1 unspecified atom stereocenters. The summed E-state index contributed by atoms with van der Waals surface area (Å²) in [7, 11) is -0.146. The van der Waals surface area contributed by atoms with Gasteiger partial charge in [-0.25, -0.2) is 0 Å². The largest absolute Gasteiger partial charge is 0.332 e. The van der Waals surface area contributed by atoms with Gasteiger partial charge in [0.05, 0.1) is 6.04 Å². The molecule has 0 aromatic rings. The highest BCUT2D eigenvalue weighted by atomic mass is 32.2. The van der Waals surface area contributed by atoms with Crippen molar-refractivity contribution in [2.24, 2.45) is 5.92 Å². The lowest BCUT2D eigenvalue weighted by Crippen LogP contribution is -2.42. The second-order valence-electron chi connectivity index (χ2n) is 5.96. The van der Waals surface area contributed by atoms with Gasteiger partial charge in [0.25, 0.3) is 0 Å². The van der Waals surface area contributed by atoms with Crippen LogP contribution in [0.3, 0.4) is 0 Å². The second kappa shape index (κ2) is 5.69. The van der Waals surface area contributed by atoms with E-state index in [0.717, 1.165) is 30.9 Å². The zero-order valence-corrected chi connectivity index (χ0v) is 12.5. The molecule has 4 nitrogen and oxygen atoms in total. The Morgan fingerprint density at radius 3 is 2.60 bits per heavy atom. The average Bonchev–Trinajstić information content (AvgIpc) is 2.95. The lowest BCUT2D eigenvalue weighted by atomic mass is 10.1. The highest BCUT2D eigenvalue weighted by molar-refractivity contribution is 8.17. The first kappa shape index (κ1) is 13.8. The molecule has 108 valence electrons. The van der Waals surface area contributed by atoms with E-state index in [-0.39, 0.29) is 28.2 Å². The number of nitrogens with zero attached hydrogens (tertiary/aromatic N) is 2. The van der Waals surface area contributed by atoms with Crippen LogP contribution in [0.5, 0.6) is 0 Å². The van der Waals surface area contributed by atoms with Gasteiger partial charge < -0.3 is 4.90 Å². The van der Waals surface area contributed by atoms with Crippen LogP contribution >= 0.6 is 10.5 Å². The van der Waals surface area contributed by atoms with E-state index in [1.165, 1.54) is 12.8 Å². The van der Waals surface area contributed by atoms with Crippen molar-refractivity contribution in [3.05, 3.63) is 0 Å². The maximum Gasteiger partial charge on any atom is 0.223 e. The van der Waals surface area contributed by atoms with Gasteiger partial charge >= 0.3 is 0 Å². The molecule has 2 aliphatic heterocycles. The molecule has 3 aliphatic rings. The zero-order chi connectivity index (χ0) is 14.1. The van der Waals surface area contributed by atoms with Crippen LogP contribution in [0.1, 0.15) is 38.5 Å². The van der Waals surface area contributed by atoms with E-state index in [4.69, 9.17) is 0 Å². The number of amides is 1. The molecule has 2 saturated heterocycles. The van der Waals surface area contributed by atoms with Crippen molar-refractivity contribution < 1.29 is 9.59 Å². The Morgan fingerprint density at radius 1 is 1.30 bits per heavy atom. The summed E-state index contributed by atoms with van der Waals surface area (Å²) in [5.41, 5.74) is 0. The van der Waals surface area contributed by atoms with Gasteiger partial charge in [0.1, 0.15) is 10.9 Å². The summed E-state index contributed by atoms with van der Waals surface area (Å²) in [6, 6.07) is 1.82. The molecule has 0 spiro atoms. The Kier molecular flexibility index (Phi) is 3.93. The number of likely N-dealkylation sites (tertiary alicyclic amines) is 1. The number of hydrogen-bond acceptors (Lipinski definition) is 3. The van der Waals surface area contributed by atoms with Gasteiger partial charge in [0.2, 0.25) is 11.7 Å². The highest BCUT2D eigenvalue weighted by Crippen LogP contribution is 2.34. The minimum absolute atomic E-state index is 0.0516. The predicted octanol–water partition coefficient (Wildman–Crippen LogP) is 1.72. The lowest BCUT2D eigenvalue weighted by molar-refractivity contribution is -0.132. The van der Waals surface area contributed by atoms with E-state index in [1.807, 2.05) is 0 Å². The Bertz CT molecular complexity index is 508. The fraction of sp³-hybridized carbons (Fsp3) is 0.733. The lowest BCUT2D eigenvalue weighted by Gasteiger charge is -2.23. The third-order valence-electron chi connectivity index (χ3n) is 4.43. The second-order valence-corrected chi connectivity index (χ2v) is 8.17. The molecule has 1 amide bonds. The molecule has 3 fully saturated rings. The number of carbonyl (C=O) groups excluding carboxylic acids is 2. The molecule has 0 aromatic heterocycles. The van der Waals surface area contributed by atoms with Crippen LogP contribution in [0.4, 0.5) is 0 Å². The first-order valence-electron chi connectivity index (χ1n) is 7.49. The van der Waals surface area contributed by atoms with Crippen molar-refractivity contribution in [2.75, 3.05) is 18.1 Å². The molecule has 20 heavy (non-hydrogen) atoms. The van der Waals surface area contributed by atoms with Crippen LogP contribution in [0.15, 0.2) is 0 Å². The number of ketones is 1. The Morgan fingerprint density at radius 2 is 2.00 bits per heavy atom. The number of nitriles is 1. The molecule has 0 aromatic carbocycles. The number of carbonyl (C=O) groups is 2. The van der Waals surface area contributed by atoms with Gasteiger partial charge in [-0.15, -0.1) is 0 Å². The molecule has 1 aliphatic carbocycles. The van der Waals surface area contributed by atoms with Gasteiger partial charge in [-0.05, 0) is 49.5 Å². The highest BCUT2D eigenvalue weighted by Gasteiger charge is 2.40. The first-order valence-corrected chi connectivity index (χ1v) is 9.05. The van der Waals surface area contributed by atoms with Crippen LogP contribution < -0.4 is 0 Å². The SMILES string of the molecule is N#CC(C(=O)C1CCC(=O)N1CC1CC1)=S1CCCC1. The van der Waals surface area contributed by atoms with Crippen LogP contribution in [-0.2, 0) is 9.59 Å². The summed E-state index contributed by atoms with van der Waals surface area (Å²) in [4.78, 5) is 26.9. The molecule has 0 N–H and O–H groups in total. The maximum absolute atomic E-state index is 12.7. The smallest absolute Gasteiger partial charge is 0.223 e. The van der Waals surface area contributed by atoms with Gasteiger partial charge in [0, 0.05) is 13.0 Å². The summed E-state index contributed by atoms with van der Waals surface area (Å²) in [5.74, 6) is 2.61. The maximum atomic E-state index is 12.7. The van der Waals surface area contributed by atoms with E-state index in [2.05, 4.69) is 6.07 Å². The van der Waals surface area contributed by atoms with Gasteiger partial charge in [-0.3, -0.25) is 9.59 Å². The Balaban J connectivity index is 1.79. The van der Waals surface area contributed by atoms with Crippen molar-refractivity contribution in [3.8, 4) is 6.07 Å². The summed E-state index contributed by atoms with van der Waals surface area (Å²) in [6.07, 6.45) is 5.66. The van der Waals surface area contributed by atoms with Gasteiger partial charge in [-0.2, -0.15) is 15.7 Å². The van der Waals surface area contributed by atoms with Crippen molar-refractivity contribution >= 4 is 27.0 Å². The van der Waals surface area contributed by atoms with Crippen molar-refractivity contribution in [2.45, 2.75) is 44.6 Å².